The van der Waals surface area contributed by atoms with E-state index in [1.54, 1.807) is 0 Å². The van der Waals surface area contributed by atoms with Crippen molar-refractivity contribution in [3.8, 4) is 0 Å². The maximum absolute atomic E-state index is 11.8. The van der Waals surface area contributed by atoms with Gasteiger partial charge in [0, 0.05) is 6.42 Å². The van der Waals surface area contributed by atoms with E-state index in [0.717, 1.165) is 38.1 Å². The minimum atomic E-state index is -0.165. The highest BCUT2D eigenvalue weighted by Crippen LogP contribution is 2.20. The number of esters is 1. The second-order valence-electron chi connectivity index (χ2n) is 4.73. The minimum absolute atomic E-state index is 0.145. The van der Waals surface area contributed by atoms with Crippen LogP contribution in [0.3, 0.4) is 0 Å². The van der Waals surface area contributed by atoms with Gasteiger partial charge in [-0.1, -0.05) is 12.1 Å². The summed E-state index contributed by atoms with van der Waals surface area (Å²) >= 11 is 0. The Balaban J connectivity index is 1.94. The summed E-state index contributed by atoms with van der Waals surface area (Å²) in [6.45, 7) is 5.72. The van der Waals surface area contributed by atoms with Gasteiger partial charge in [-0.05, 0) is 32.7 Å². The lowest BCUT2D eigenvalue weighted by molar-refractivity contribution is -0.148. The molecule has 0 amide bonds. The second kappa shape index (κ2) is 6.65. The van der Waals surface area contributed by atoms with Gasteiger partial charge in [-0.2, -0.15) is 4.98 Å². The zero-order chi connectivity index (χ0) is 13.7. The van der Waals surface area contributed by atoms with E-state index in [1.807, 2.05) is 6.92 Å². The Labute approximate surface area is 113 Å². The van der Waals surface area contributed by atoms with Crippen molar-refractivity contribution in [2.75, 3.05) is 13.2 Å². The van der Waals surface area contributed by atoms with E-state index in [1.165, 1.54) is 0 Å². The van der Waals surface area contributed by atoms with Gasteiger partial charge < -0.3 is 9.26 Å². The van der Waals surface area contributed by atoms with Crippen LogP contribution in [0.2, 0.25) is 0 Å². The summed E-state index contributed by atoms with van der Waals surface area (Å²) in [6, 6.07) is -0.165. The number of likely N-dealkylation sites (tertiary alicyclic amines) is 1. The molecule has 1 aliphatic heterocycles. The molecule has 0 aromatic carbocycles. The zero-order valence-electron chi connectivity index (χ0n) is 11.6. The Hall–Kier alpha value is -1.43. The molecule has 0 radical (unpaired) electrons. The highest BCUT2D eigenvalue weighted by atomic mass is 16.5. The number of carbonyl (C=O) groups excluding carboxylic acids is 1. The SMILES string of the molecule is CCCc1noc(CN2CCCC2C(=O)OCC)n1. The fourth-order valence-corrected chi connectivity index (χ4v) is 2.37. The van der Waals surface area contributed by atoms with Crippen LogP contribution < -0.4 is 0 Å². The standard InChI is InChI=1S/C13H21N3O3/c1-3-6-11-14-12(19-15-11)9-16-8-5-7-10(16)13(17)18-4-2/h10H,3-9H2,1-2H3. The van der Waals surface area contributed by atoms with Crippen LogP contribution in [-0.2, 0) is 22.5 Å². The predicted octanol–water partition coefficient (Wildman–Crippen LogP) is 1.55. The number of hydrogen-bond donors (Lipinski definition) is 0. The van der Waals surface area contributed by atoms with Crippen molar-refractivity contribution in [3.63, 3.8) is 0 Å². The van der Waals surface area contributed by atoms with Gasteiger partial charge in [0.05, 0.1) is 13.2 Å². The Kier molecular flexibility index (Phi) is 4.90. The first-order valence-corrected chi connectivity index (χ1v) is 6.96. The summed E-state index contributed by atoms with van der Waals surface area (Å²) in [4.78, 5) is 18.2. The maximum Gasteiger partial charge on any atom is 0.323 e. The van der Waals surface area contributed by atoms with Gasteiger partial charge in [0.1, 0.15) is 6.04 Å². The van der Waals surface area contributed by atoms with E-state index in [9.17, 15) is 4.79 Å². The van der Waals surface area contributed by atoms with E-state index in [2.05, 4.69) is 22.0 Å². The molecule has 0 aliphatic carbocycles. The molecule has 1 aromatic rings. The predicted molar refractivity (Wildman–Crippen MR) is 68.4 cm³/mol. The lowest BCUT2D eigenvalue weighted by Crippen LogP contribution is -2.36. The molecule has 1 aromatic heterocycles. The topological polar surface area (TPSA) is 68.5 Å². The number of aryl methyl sites for hydroxylation is 1. The van der Waals surface area contributed by atoms with Gasteiger partial charge in [0.15, 0.2) is 5.82 Å². The second-order valence-corrected chi connectivity index (χ2v) is 4.73. The van der Waals surface area contributed by atoms with Crippen LogP contribution in [0.5, 0.6) is 0 Å². The van der Waals surface area contributed by atoms with Crippen LogP contribution in [-0.4, -0.2) is 40.2 Å². The molecule has 1 atom stereocenters. The van der Waals surface area contributed by atoms with E-state index >= 15 is 0 Å². The molecule has 1 fully saturated rings. The lowest BCUT2D eigenvalue weighted by Gasteiger charge is -2.20. The highest BCUT2D eigenvalue weighted by molar-refractivity contribution is 5.76. The summed E-state index contributed by atoms with van der Waals surface area (Å²) in [5.41, 5.74) is 0. The van der Waals surface area contributed by atoms with Crippen LogP contribution in [0.4, 0.5) is 0 Å². The molecule has 106 valence electrons. The Morgan fingerprint density at radius 3 is 3.11 bits per heavy atom. The first-order chi connectivity index (χ1) is 9.24. The lowest BCUT2D eigenvalue weighted by atomic mass is 10.2. The zero-order valence-corrected chi connectivity index (χ0v) is 11.6. The summed E-state index contributed by atoms with van der Waals surface area (Å²) in [5.74, 6) is 1.18. The van der Waals surface area contributed by atoms with Gasteiger partial charge in [-0.3, -0.25) is 9.69 Å². The molecular weight excluding hydrogens is 246 g/mol. The summed E-state index contributed by atoms with van der Waals surface area (Å²) in [7, 11) is 0. The van der Waals surface area contributed by atoms with E-state index < -0.39 is 0 Å². The average Bonchev–Trinajstić information content (AvgIpc) is 3.00. The van der Waals surface area contributed by atoms with Gasteiger partial charge in [-0.25, -0.2) is 0 Å². The van der Waals surface area contributed by atoms with Gasteiger partial charge >= 0.3 is 5.97 Å². The number of carbonyl (C=O) groups is 1. The third-order valence-electron chi connectivity index (χ3n) is 3.24. The van der Waals surface area contributed by atoms with Gasteiger partial charge in [0.25, 0.3) is 0 Å². The number of aromatic nitrogens is 2. The van der Waals surface area contributed by atoms with Crippen LogP contribution in [0.25, 0.3) is 0 Å². The first kappa shape index (κ1) is 14.0. The maximum atomic E-state index is 11.8. The van der Waals surface area contributed by atoms with Crippen LogP contribution in [0.1, 0.15) is 44.8 Å². The molecule has 0 spiro atoms. The van der Waals surface area contributed by atoms with Gasteiger partial charge in [0.2, 0.25) is 5.89 Å². The molecule has 2 heterocycles. The number of rotatable bonds is 6. The van der Waals surface area contributed by atoms with Crippen molar-refractivity contribution in [2.45, 2.75) is 52.1 Å². The largest absolute Gasteiger partial charge is 0.465 e. The Morgan fingerprint density at radius 2 is 2.37 bits per heavy atom. The van der Waals surface area contributed by atoms with E-state index in [-0.39, 0.29) is 12.0 Å². The minimum Gasteiger partial charge on any atom is -0.465 e. The van der Waals surface area contributed by atoms with Crippen molar-refractivity contribution in [1.82, 2.24) is 15.0 Å². The normalized spacial score (nSPS) is 19.8. The quantitative estimate of drug-likeness (QED) is 0.728. The number of hydrogen-bond acceptors (Lipinski definition) is 6. The van der Waals surface area contributed by atoms with E-state index in [4.69, 9.17) is 9.26 Å². The molecule has 0 bridgehead atoms. The fourth-order valence-electron chi connectivity index (χ4n) is 2.37. The smallest absolute Gasteiger partial charge is 0.323 e. The average molecular weight is 267 g/mol. The molecular formula is C13H21N3O3. The Bertz CT molecular complexity index is 419. The third-order valence-corrected chi connectivity index (χ3v) is 3.24. The van der Waals surface area contributed by atoms with Crippen LogP contribution in [0, 0.1) is 0 Å². The first-order valence-electron chi connectivity index (χ1n) is 6.96. The van der Waals surface area contributed by atoms with Crippen LogP contribution >= 0.6 is 0 Å². The molecule has 0 N–H and O–H groups in total. The fraction of sp³-hybridized carbons (Fsp3) is 0.769. The van der Waals surface area contributed by atoms with Crippen molar-refractivity contribution >= 4 is 5.97 Å². The van der Waals surface area contributed by atoms with E-state index in [0.29, 0.717) is 19.0 Å². The monoisotopic (exact) mass is 267 g/mol. The van der Waals surface area contributed by atoms with Crippen molar-refractivity contribution in [2.24, 2.45) is 0 Å². The van der Waals surface area contributed by atoms with Crippen molar-refractivity contribution in [3.05, 3.63) is 11.7 Å². The number of ether oxygens (including phenoxy) is 1. The third kappa shape index (κ3) is 3.53. The Morgan fingerprint density at radius 1 is 1.53 bits per heavy atom. The molecule has 2 rings (SSSR count). The molecule has 19 heavy (non-hydrogen) atoms. The molecule has 0 saturated carbocycles. The molecule has 6 nitrogen and oxygen atoms in total. The summed E-state index contributed by atoms with van der Waals surface area (Å²) in [5, 5.41) is 3.93. The highest BCUT2D eigenvalue weighted by Gasteiger charge is 2.32. The molecule has 1 aliphatic rings. The molecule has 6 heteroatoms. The molecule has 1 saturated heterocycles. The molecule has 1 unspecified atom stereocenters. The van der Waals surface area contributed by atoms with Gasteiger partial charge in [-0.15, -0.1) is 0 Å². The summed E-state index contributed by atoms with van der Waals surface area (Å²) < 4.78 is 10.3. The summed E-state index contributed by atoms with van der Waals surface area (Å²) in [6.07, 6.45) is 3.66. The van der Waals surface area contributed by atoms with Crippen molar-refractivity contribution < 1.29 is 14.1 Å². The van der Waals surface area contributed by atoms with Crippen LogP contribution in [0.15, 0.2) is 4.52 Å². The number of nitrogens with zero attached hydrogens (tertiary/aromatic N) is 3. The van der Waals surface area contributed by atoms with Crippen molar-refractivity contribution in [1.29, 1.82) is 0 Å².